The average Bonchev–Trinajstić information content (AvgIpc) is 2.78. The van der Waals surface area contributed by atoms with Crippen molar-refractivity contribution < 1.29 is 19.2 Å². The Morgan fingerprint density at radius 3 is 2.28 bits per heavy atom. The number of rotatable bonds is 6. The molecule has 0 spiro atoms. The molecule has 0 bridgehead atoms. The number of imide groups is 2. The summed E-state index contributed by atoms with van der Waals surface area (Å²) in [5, 5.41) is 2.74. The van der Waals surface area contributed by atoms with E-state index < -0.39 is 36.3 Å². The number of carbonyl (C=O) groups excluding carboxylic acids is 4. The van der Waals surface area contributed by atoms with Gasteiger partial charge in [-0.3, -0.25) is 19.3 Å². The van der Waals surface area contributed by atoms with Crippen molar-refractivity contribution in [3.05, 3.63) is 29.8 Å². The number of para-hydroxylation sites is 1. The highest BCUT2D eigenvalue weighted by Gasteiger charge is 2.46. The fraction of sp³-hybridized carbons (Fsp3) is 0.444. The predicted octanol–water partition coefficient (Wildman–Crippen LogP) is 2.34. The molecule has 0 aliphatic carbocycles. The van der Waals surface area contributed by atoms with Crippen LogP contribution in [0.15, 0.2) is 24.3 Å². The van der Waals surface area contributed by atoms with Crippen molar-refractivity contribution >= 4 is 29.4 Å². The largest absolute Gasteiger partial charge is 0.334 e. The van der Waals surface area contributed by atoms with Gasteiger partial charge in [0.1, 0.15) is 6.54 Å². The van der Waals surface area contributed by atoms with Gasteiger partial charge in [-0.2, -0.15) is 0 Å². The molecule has 0 aromatic heterocycles. The minimum absolute atomic E-state index is 0.254. The van der Waals surface area contributed by atoms with Crippen molar-refractivity contribution in [2.75, 3.05) is 11.9 Å². The fourth-order valence-corrected chi connectivity index (χ4v) is 2.71. The first-order valence-corrected chi connectivity index (χ1v) is 8.35. The third-order valence-corrected chi connectivity index (χ3v) is 4.28. The van der Waals surface area contributed by atoms with Gasteiger partial charge >= 0.3 is 17.8 Å². The van der Waals surface area contributed by atoms with E-state index in [1.54, 1.807) is 26.0 Å². The van der Waals surface area contributed by atoms with Gasteiger partial charge in [-0.15, -0.1) is 0 Å². The molecule has 1 aliphatic rings. The summed E-state index contributed by atoms with van der Waals surface area (Å²) in [5.74, 6) is -2.13. The molecule has 0 saturated carbocycles. The monoisotopic (exact) mass is 345 g/mol. The van der Waals surface area contributed by atoms with Crippen molar-refractivity contribution in [1.82, 2.24) is 9.80 Å². The highest BCUT2D eigenvalue weighted by Crippen LogP contribution is 2.26. The van der Waals surface area contributed by atoms with Gasteiger partial charge in [-0.05, 0) is 37.8 Å². The van der Waals surface area contributed by atoms with E-state index in [2.05, 4.69) is 19.2 Å². The molecule has 5 amide bonds. The topological polar surface area (TPSA) is 86.8 Å². The van der Waals surface area contributed by atoms with Crippen molar-refractivity contribution in [3.8, 4) is 0 Å². The third kappa shape index (κ3) is 3.70. The van der Waals surface area contributed by atoms with Gasteiger partial charge in [0.25, 0.3) is 0 Å². The van der Waals surface area contributed by atoms with Gasteiger partial charge in [0.15, 0.2) is 0 Å². The SMILES string of the molecule is CC[C@@H](C)c1ccccc1NC(=O)CN1C(=O)C(=O)N(C(C)C)C1=O. The number of hydrogen-bond acceptors (Lipinski definition) is 4. The van der Waals surface area contributed by atoms with Crippen LogP contribution in [0, 0.1) is 0 Å². The number of amides is 5. The maximum atomic E-state index is 12.3. The van der Waals surface area contributed by atoms with Crippen LogP contribution in [0.5, 0.6) is 0 Å². The van der Waals surface area contributed by atoms with Gasteiger partial charge in [-0.25, -0.2) is 9.69 Å². The van der Waals surface area contributed by atoms with Crippen LogP contribution in [-0.2, 0) is 14.4 Å². The van der Waals surface area contributed by atoms with Crippen molar-refractivity contribution in [2.45, 2.75) is 46.1 Å². The number of benzene rings is 1. The molecule has 1 heterocycles. The van der Waals surface area contributed by atoms with Crippen LogP contribution in [0.1, 0.15) is 45.6 Å². The van der Waals surface area contributed by atoms with E-state index in [1.807, 2.05) is 12.1 Å². The highest BCUT2D eigenvalue weighted by atomic mass is 16.2. The Labute approximate surface area is 147 Å². The molecule has 1 N–H and O–H groups in total. The molecular formula is C18H23N3O4. The maximum absolute atomic E-state index is 12.3. The van der Waals surface area contributed by atoms with Crippen LogP contribution in [0.4, 0.5) is 10.5 Å². The van der Waals surface area contributed by atoms with Gasteiger partial charge < -0.3 is 5.32 Å². The van der Waals surface area contributed by atoms with E-state index in [9.17, 15) is 19.2 Å². The molecule has 7 nitrogen and oxygen atoms in total. The molecule has 1 aromatic rings. The normalized spacial score (nSPS) is 16.0. The lowest BCUT2D eigenvalue weighted by molar-refractivity contribution is -0.144. The van der Waals surface area contributed by atoms with E-state index in [4.69, 9.17) is 0 Å². The fourth-order valence-electron chi connectivity index (χ4n) is 2.71. The molecule has 25 heavy (non-hydrogen) atoms. The van der Waals surface area contributed by atoms with Crippen molar-refractivity contribution in [2.24, 2.45) is 0 Å². The van der Waals surface area contributed by atoms with Crippen LogP contribution < -0.4 is 5.32 Å². The van der Waals surface area contributed by atoms with E-state index in [0.717, 1.165) is 16.9 Å². The zero-order chi connectivity index (χ0) is 18.7. The van der Waals surface area contributed by atoms with Crippen molar-refractivity contribution in [1.29, 1.82) is 0 Å². The Kier molecular flexibility index (Phi) is 5.56. The zero-order valence-corrected chi connectivity index (χ0v) is 14.9. The second-order valence-corrected chi connectivity index (χ2v) is 6.39. The Balaban J connectivity index is 2.13. The first-order valence-electron chi connectivity index (χ1n) is 8.35. The van der Waals surface area contributed by atoms with E-state index in [0.29, 0.717) is 10.6 Å². The van der Waals surface area contributed by atoms with Crippen molar-refractivity contribution in [3.63, 3.8) is 0 Å². The quantitative estimate of drug-likeness (QED) is 0.633. The molecular weight excluding hydrogens is 322 g/mol. The summed E-state index contributed by atoms with van der Waals surface area (Å²) in [6.45, 7) is 6.89. The smallest absolute Gasteiger partial charge is 0.324 e. The molecule has 7 heteroatoms. The lowest BCUT2D eigenvalue weighted by Crippen LogP contribution is -2.40. The standard InChI is InChI=1S/C18H23N3O4/c1-5-12(4)13-8-6-7-9-14(13)19-15(22)10-20-16(23)17(24)21(11(2)3)18(20)25/h6-9,11-12H,5,10H2,1-4H3,(H,19,22)/t12-/m1/s1. The Hall–Kier alpha value is -2.70. The lowest BCUT2D eigenvalue weighted by atomic mass is 9.97. The summed E-state index contributed by atoms with van der Waals surface area (Å²) < 4.78 is 0. The van der Waals surface area contributed by atoms with Crippen LogP contribution in [0.2, 0.25) is 0 Å². The van der Waals surface area contributed by atoms with Crippen LogP contribution in [0.3, 0.4) is 0 Å². The number of hydrogen-bond donors (Lipinski definition) is 1. The maximum Gasteiger partial charge on any atom is 0.334 e. The second-order valence-electron chi connectivity index (χ2n) is 6.39. The summed E-state index contributed by atoms with van der Waals surface area (Å²) in [7, 11) is 0. The summed E-state index contributed by atoms with van der Waals surface area (Å²) >= 11 is 0. The lowest BCUT2D eigenvalue weighted by Gasteiger charge is -2.19. The molecule has 1 fully saturated rings. The number of nitrogens with one attached hydrogen (secondary N) is 1. The summed E-state index contributed by atoms with van der Waals surface area (Å²) in [6.07, 6.45) is 0.911. The molecule has 1 aliphatic heterocycles. The third-order valence-electron chi connectivity index (χ3n) is 4.28. The van der Waals surface area contributed by atoms with E-state index in [1.165, 1.54) is 0 Å². The van der Waals surface area contributed by atoms with Gasteiger partial charge in [0.2, 0.25) is 5.91 Å². The van der Waals surface area contributed by atoms with Crippen LogP contribution >= 0.6 is 0 Å². The highest BCUT2D eigenvalue weighted by molar-refractivity contribution is 6.45. The number of nitrogens with zero attached hydrogens (tertiary/aromatic N) is 2. The predicted molar refractivity (Wildman–Crippen MR) is 92.9 cm³/mol. The molecule has 134 valence electrons. The van der Waals surface area contributed by atoms with Crippen LogP contribution in [0.25, 0.3) is 0 Å². The summed E-state index contributed by atoms with van der Waals surface area (Å²) in [6, 6.07) is 6.21. The zero-order valence-electron chi connectivity index (χ0n) is 14.9. The number of urea groups is 1. The van der Waals surface area contributed by atoms with Gasteiger partial charge in [-0.1, -0.05) is 32.0 Å². The second kappa shape index (κ2) is 7.46. The Morgan fingerprint density at radius 1 is 1.08 bits per heavy atom. The molecule has 1 aromatic carbocycles. The number of carbonyl (C=O) groups is 4. The molecule has 1 atom stereocenters. The first-order chi connectivity index (χ1) is 11.8. The molecule has 0 unspecified atom stereocenters. The summed E-state index contributed by atoms with van der Waals surface area (Å²) in [5.41, 5.74) is 1.63. The molecule has 1 saturated heterocycles. The average molecular weight is 345 g/mol. The first kappa shape index (κ1) is 18.6. The minimum atomic E-state index is -0.968. The minimum Gasteiger partial charge on any atom is -0.324 e. The molecule has 0 radical (unpaired) electrons. The summed E-state index contributed by atoms with van der Waals surface area (Å²) in [4.78, 5) is 49.9. The Bertz CT molecular complexity index is 714. The van der Waals surface area contributed by atoms with Gasteiger partial charge in [0.05, 0.1) is 0 Å². The number of anilines is 1. The van der Waals surface area contributed by atoms with Crippen LogP contribution in [-0.4, -0.2) is 46.1 Å². The Morgan fingerprint density at radius 2 is 1.72 bits per heavy atom. The van der Waals surface area contributed by atoms with E-state index >= 15 is 0 Å². The van der Waals surface area contributed by atoms with Gasteiger partial charge in [0, 0.05) is 11.7 Å². The van der Waals surface area contributed by atoms with E-state index in [-0.39, 0.29) is 5.92 Å². The molecule has 2 rings (SSSR count).